The van der Waals surface area contributed by atoms with E-state index in [-0.39, 0.29) is 0 Å². The Labute approximate surface area is 61.2 Å². The molecule has 0 amide bonds. The maximum atomic E-state index is 4.92. The summed E-state index contributed by atoms with van der Waals surface area (Å²) in [6, 6.07) is 0. The normalized spacial score (nSPS) is 9.56. The molecule has 0 fully saturated rings. The lowest BCUT2D eigenvalue weighted by Gasteiger charge is -1.90. The molecular weight excluding hydrogens is 186 g/mol. The fourth-order valence-corrected chi connectivity index (χ4v) is 0.667. The molecule has 9 heavy (non-hydrogen) atoms. The summed E-state index contributed by atoms with van der Waals surface area (Å²) in [6.07, 6.45) is 1.79. The van der Waals surface area contributed by atoms with Gasteiger partial charge in [-0.3, -0.25) is 0 Å². The molecule has 1 heterocycles. The van der Waals surface area contributed by atoms with Gasteiger partial charge in [-0.1, -0.05) is 0 Å². The van der Waals surface area contributed by atoms with Crippen molar-refractivity contribution in [2.24, 2.45) is 0 Å². The van der Waals surface area contributed by atoms with Crippen LogP contribution in [0.15, 0.2) is 15.3 Å². The van der Waals surface area contributed by atoms with Crippen molar-refractivity contribution < 1.29 is 9.15 Å². The van der Waals surface area contributed by atoms with Crippen molar-refractivity contribution in [3.63, 3.8) is 0 Å². The molecule has 1 rings (SSSR count). The van der Waals surface area contributed by atoms with Gasteiger partial charge < -0.3 is 9.15 Å². The molecule has 0 aliphatic heterocycles. The van der Waals surface area contributed by atoms with Crippen molar-refractivity contribution in [2.45, 2.75) is 6.92 Å². The number of halogens is 1. The predicted octanol–water partition coefficient (Wildman–Crippen LogP) is 1.84. The average Bonchev–Trinajstić information content (AvgIpc) is 2.17. The Balaban J connectivity index is 2.61. The van der Waals surface area contributed by atoms with E-state index >= 15 is 0 Å². The number of nitrogens with zero attached hydrogens (tertiary/aromatic N) is 1. The SMILES string of the molecule is CCOc1nc(Br)co1. The van der Waals surface area contributed by atoms with Crippen molar-refractivity contribution in [1.29, 1.82) is 0 Å². The van der Waals surface area contributed by atoms with Gasteiger partial charge in [0.15, 0.2) is 0 Å². The Bertz CT molecular complexity index is 187. The Hall–Kier alpha value is -0.510. The molecule has 0 aromatic carbocycles. The number of ether oxygens (including phenoxy) is 1. The molecule has 0 atom stereocenters. The van der Waals surface area contributed by atoms with Crippen LogP contribution in [-0.2, 0) is 0 Å². The summed E-state index contributed by atoms with van der Waals surface area (Å²) in [4.78, 5) is 3.83. The summed E-state index contributed by atoms with van der Waals surface area (Å²) >= 11 is 3.12. The van der Waals surface area contributed by atoms with E-state index < -0.39 is 0 Å². The number of hydrogen-bond donors (Lipinski definition) is 0. The second-order valence-corrected chi connectivity index (χ2v) is 2.18. The molecule has 50 valence electrons. The van der Waals surface area contributed by atoms with Crippen molar-refractivity contribution >= 4 is 15.9 Å². The molecule has 0 saturated heterocycles. The lowest BCUT2D eigenvalue weighted by Crippen LogP contribution is -1.90. The Morgan fingerprint density at radius 1 is 1.89 bits per heavy atom. The van der Waals surface area contributed by atoms with E-state index in [0.29, 0.717) is 17.3 Å². The fraction of sp³-hybridized carbons (Fsp3) is 0.400. The Kier molecular flexibility index (Phi) is 2.10. The van der Waals surface area contributed by atoms with Crippen LogP contribution < -0.4 is 4.74 Å². The third-order valence-electron chi connectivity index (χ3n) is 0.723. The number of oxazole rings is 1. The molecule has 0 aliphatic rings. The van der Waals surface area contributed by atoms with E-state index in [9.17, 15) is 0 Å². The van der Waals surface area contributed by atoms with Gasteiger partial charge in [-0.25, -0.2) is 0 Å². The summed E-state index contributed by atoms with van der Waals surface area (Å²) in [5.74, 6) is 0. The Morgan fingerprint density at radius 2 is 2.67 bits per heavy atom. The van der Waals surface area contributed by atoms with Crippen LogP contribution >= 0.6 is 15.9 Å². The van der Waals surface area contributed by atoms with Crippen LogP contribution in [0.25, 0.3) is 0 Å². The van der Waals surface area contributed by atoms with Gasteiger partial charge in [0.05, 0.1) is 6.61 Å². The van der Waals surface area contributed by atoms with Crippen molar-refractivity contribution in [3.05, 3.63) is 10.9 Å². The summed E-state index contributed by atoms with van der Waals surface area (Å²) in [6.45, 7) is 2.45. The van der Waals surface area contributed by atoms with Gasteiger partial charge in [0.25, 0.3) is 0 Å². The van der Waals surface area contributed by atoms with E-state index in [1.54, 1.807) is 0 Å². The highest BCUT2D eigenvalue weighted by atomic mass is 79.9. The Morgan fingerprint density at radius 3 is 3.11 bits per heavy atom. The van der Waals surface area contributed by atoms with Crippen LogP contribution in [0.3, 0.4) is 0 Å². The van der Waals surface area contributed by atoms with Gasteiger partial charge in [-0.15, -0.1) is 0 Å². The van der Waals surface area contributed by atoms with Crippen LogP contribution in [0.1, 0.15) is 6.92 Å². The molecule has 0 aliphatic carbocycles. The van der Waals surface area contributed by atoms with Gasteiger partial charge in [0, 0.05) is 0 Å². The van der Waals surface area contributed by atoms with Gasteiger partial charge in [-0.2, -0.15) is 4.98 Å². The predicted molar refractivity (Wildman–Crippen MR) is 35.4 cm³/mol. The number of aromatic nitrogens is 1. The zero-order valence-corrected chi connectivity index (χ0v) is 6.51. The minimum Gasteiger partial charge on any atom is -0.450 e. The van der Waals surface area contributed by atoms with Crippen LogP contribution in [-0.4, -0.2) is 11.6 Å². The van der Waals surface area contributed by atoms with E-state index in [2.05, 4.69) is 20.9 Å². The van der Waals surface area contributed by atoms with Crippen LogP contribution in [0, 0.1) is 0 Å². The van der Waals surface area contributed by atoms with Crippen LogP contribution in [0.4, 0.5) is 0 Å². The highest BCUT2D eigenvalue weighted by Gasteiger charge is 1.98. The average molecular weight is 192 g/mol. The van der Waals surface area contributed by atoms with Crippen molar-refractivity contribution in [1.82, 2.24) is 4.98 Å². The zero-order chi connectivity index (χ0) is 6.69. The molecule has 0 radical (unpaired) electrons. The maximum absolute atomic E-state index is 4.92. The molecule has 0 spiro atoms. The molecule has 0 unspecified atom stereocenters. The van der Waals surface area contributed by atoms with Gasteiger partial charge in [-0.05, 0) is 22.9 Å². The van der Waals surface area contributed by atoms with Crippen LogP contribution in [0.5, 0.6) is 6.08 Å². The first-order valence-corrected chi connectivity index (χ1v) is 3.36. The molecule has 0 bridgehead atoms. The maximum Gasteiger partial charge on any atom is 0.394 e. The minimum absolute atomic E-state index is 0.310. The van der Waals surface area contributed by atoms with Crippen molar-refractivity contribution in [3.8, 4) is 6.08 Å². The smallest absolute Gasteiger partial charge is 0.394 e. The highest BCUT2D eigenvalue weighted by molar-refractivity contribution is 9.10. The summed E-state index contributed by atoms with van der Waals surface area (Å²) < 4.78 is 10.4. The highest BCUT2D eigenvalue weighted by Crippen LogP contribution is 2.13. The summed E-state index contributed by atoms with van der Waals surface area (Å²) in [5, 5.41) is 0. The van der Waals surface area contributed by atoms with Gasteiger partial charge in [0.1, 0.15) is 10.9 Å². The third-order valence-corrected chi connectivity index (χ3v) is 1.09. The monoisotopic (exact) mass is 191 g/mol. The first-order chi connectivity index (χ1) is 4.33. The van der Waals surface area contributed by atoms with Crippen LogP contribution in [0.2, 0.25) is 0 Å². The zero-order valence-electron chi connectivity index (χ0n) is 4.93. The second-order valence-electron chi connectivity index (χ2n) is 1.37. The van der Waals surface area contributed by atoms with Crippen molar-refractivity contribution in [2.75, 3.05) is 6.61 Å². The molecule has 1 aromatic rings. The molecule has 0 saturated carbocycles. The molecule has 3 nitrogen and oxygen atoms in total. The molecule has 4 heteroatoms. The molecular formula is C5H6BrNO2. The number of rotatable bonds is 2. The first-order valence-electron chi connectivity index (χ1n) is 2.56. The molecule has 1 aromatic heterocycles. The lowest BCUT2D eigenvalue weighted by molar-refractivity contribution is 0.244. The van der Waals surface area contributed by atoms with E-state index in [0.717, 1.165) is 0 Å². The van der Waals surface area contributed by atoms with E-state index in [1.165, 1.54) is 6.26 Å². The summed E-state index contributed by atoms with van der Waals surface area (Å²) in [7, 11) is 0. The second kappa shape index (κ2) is 2.87. The fourth-order valence-electron chi connectivity index (χ4n) is 0.429. The van der Waals surface area contributed by atoms with Gasteiger partial charge in [0.2, 0.25) is 0 Å². The largest absolute Gasteiger partial charge is 0.450 e. The standard InChI is InChI=1S/C5H6BrNO2/c1-2-8-5-7-4(6)3-9-5/h3H,2H2,1H3. The van der Waals surface area contributed by atoms with E-state index in [1.807, 2.05) is 6.92 Å². The van der Waals surface area contributed by atoms with E-state index in [4.69, 9.17) is 9.15 Å². The quantitative estimate of drug-likeness (QED) is 0.716. The minimum atomic E-state index is 0.310. The lowest BCUT2D eigenvalue weighted by atomic mass is 10.9. The molecule has 0 N–H and O–H groups in total. The topological polar surface area (TPSA) is 35.3 Å². The van der Waals surface area contributed by atoms with Gasteiger partial charge >= 0.3 is 6.08 Å². The third kappa shape index (κ3) is 1.71. The number of hydrogen-bond acceptors (Lipinski definition) is 3. The summed E-state index contributed by atoms with van der Waals surface area (Å²) in [5.41, 5.74) is 0. The first kappa shape index (κ1) is 6.61.